The number of benzene rings is 1. The molecule has 0 atom stereocenters. The molecule has 0 radical (unpaired) electrons. The normalized spacial score (nSPS) is 13.6. The number of rotatable bonds is 8. The molecule has 0 saturated heterocycles. The van der Waals surface area contributed by atoms with Gasteiger partial charge in [0.25, 0.3) is 0 Å². The summed E-state index contributed by atoms with van der Waals surface area (Å²) in [5, 5.41) is 5.82. The molecular formula is C20H22N4O3. The first-order chi connectivity index (χ1) is 13.2. The van der Waals surface area contributed by atoms with Crippen molar-refractivity contribution in [2.45, 2.75) is 32.4 Å². The highest BCUT2D eigenvalue weighted by molar-refractivity contribution is 5.81. The molecule has 1 aromatic carbocycles. The lowest BCUT2D eigenvalue weighted by Gasteiger charge is -2.10. The molecule has 2 aromatic heterocycles. The number of imidazole rings is 1. The van der Waals surface area contributed by atoms with Crippen LogP contribution in [-0.4, -0.2) is 27.9 Å². The van der Waals surface area contributed by atoms with E-state index >= 15 is 0 Å². The summed E-state index contributed by atoms with van der Waals surface area (Å²) < 4.78 is 7.15. The summed E-state index contributed by atoms with van der Waals surface area (Å²) in [7, 11) is 0. The maximum Gasteiger partial charge on any atom is 0.240 e. The fraction of sp³-hybridized carbons (Fsp3) is 0.350. The standard InChI is InChI=1S/C20H22N4O3/c25-19(22-12-15-4-3-11-27-15)13-24-17-6-2-1-5-16(17)23-18(24)9-10-21-20(26)14-7-8-14/h1-6,11,14H,7-10,12-13H2,(H,21,26)(H,22,25). The molecule has 0 spiro atoms. The zero-order valence-corrected chi connectivity index (χ0v) is 15.0. The summed E-state index contributed by atoms with van der Waals surface area (Å²) in [6, 6.07) is 11.3. The van der Waals surface area contributed by atoms with Crippen molar-refractivity contribution in [1.82, 2.24) is 20.2 Å². The Hall–Kier alpha value is -3.09. The minimum absolute atomic E-state index is 0.113. The van der Waals surface area contributed by atoms with Crippen LogP contribution in [0.5, 0.6) is 0 Å². The number of nitrogens with one attached hydrogen (secondary N) is 2. The Kier molecular flexibility index (Phi) is 4.91. The van der Waals surface area contributed by atoms with Gasteiger partial charge in [-0.15, -0.1) is 0 Å². The minimum Gasteiger partial charge on any atom is -0.467 e. The predicted octanol–water partition coefficient (Wildman–Crippen LogP) is 2.01. The number of fused-ring (bicyclic) bond motifs is 1. The molecule has 7 heteroatoms. The van der Waals surface area contributed by atoms with Gasteiger partial charge in [0.2, 0.25) is 11.8 Å². The smallest absolute Gasteiger partial charge is 0.240 e. The van der Waals surface area contributed by atoms with E-state index in [1.54, 1.807) is 12.3 Å². The molecule has 1 aliphatic rings. The first-order valence-electron chi connectivity index (χ1n) is 9.21. The third kappa shape index (κ3) is 4.19. The Morgan fingerprint density at radius 1 is 1.15 bits per heavy atom. The first kappa shape index (κ1) is 17.3. The van der Waals surface area contributed by atoms with E-state index in [9.17, 15) is 9.59 Å². The van der Waals surface area contributed by atoms with Crippen LogP contribution in [0.4, 0.5) is 0 Å². The molecule has 0 aliphatic heterocycles. The number of hydrogen-bond donors (Lipinski definition) is 2. The molecule has 1 aliphatic carbocycles. The summed E-state index contributed by atoms with van der Waals surface area (Å²) in [5.41, 5.74) is 1.76. The average molecular weight is 366 g/mol. The van der Waals surface area contributed by atoms with Gasteiger partial charge in [-0.2, -0.15) is 0 Å². The quantitative estimate of drug-likeness (QED) is 0.638. The lowest BCUT2D eigenvalue weighted by atomic mass is 10.3. The predicted molar refractivity (Wildman–Crippen MR) is 99.7 cm³/mol. The maximum atomic E-state index is 12.4. The highest BCUT2D eigenvalue weighted by Gasteiger charge is 2.29. The van der Waals surface area contributed by atoms with Crippen LogP contribution in [-0.2, 0) is 29.1 Å². The molecule has 0 unspecified atom stereocenters. The number of para-hydroxylation sites is 2. The van der Waals surface area contributed by atoms with E-state index in [0.717, 1.165) is 29.7 Å². The first-order valence-corrected chi connectivity index (χ1v) is 9.21. The summed E-state index contributed by atoms with van der Waals surface area (Å²) in [5.74, 6) is 1.70. The highest BCUT2D eigenvalue weighted by Crippen LogP contribution is 2.28. The second-order valence-corrected chi connectivity index (χ2v) is 6.77. The molecule has 27 heavy (non-hydrogen) atoms. The van der Waals surface area contributed by atoms with Crippen LogP contribution in [0.1, 0.15) is 24.4 Å². The van der Waals surface area contributed by atoms with Crippen molar-refractivity contribution < 1.29 is 14.0 Å². The maximum absolute atomic E-state index is 12.4. The lowest BCUT2D eigenvalue weighted by Crippen LogP contribution is -2.30. The van der Waals surface area contributed by atoms with Crippen LogP contribution in [0.3, 0.4) is 0 Å². The molecule has 3 aromatic rings. The molecule has 0 bridgehead atoms. The third-order valence-corrected chi connectivity index (χ3v) is 4.67. The lowest BCUT2D eigenvalue weighted by molar-refractivity contribution is -0.123. The monoisotopic (exact) mass is 366 g/mol. The van der Waals surface area contributed by atoms with Crippen LogP contribution in [0.15, 0.2) is 47.1 Å². The number of carbonyl (C=O) groups excluding carboxylic acids is 2. The van der Waals surface area contributed by atoms with Gasteiger partial charge in [-0.25, -0.2) is 4.98 Å². The third-order valence-electron chi connectivity index (χ3n) is 4.67. The van der Waals surface area contributed by atoms with Gasteiger partial charge in [0.15, 0.2) is 0 Å². The molecule has 1 saturated carbocycles. The SMILES string of the molecule is O=C(Cn1c(CCNC(=O)C2CC2)nc2ccccc21)NCc1ccco1. The molecule has 7 nitrogen and oxygen atoms in total. The van der Waals surface area contributed by atoms with E-state index in [0.29, 0.717) is 25.3 Å². The fourth-order valence-electron chi connectivity index (χ4n) is 3.08. The van der Waals surface area contributed by atoms with Gasteiger partial charge < -0.3 is 19.6 Å². The van der Waals surface area contributed by atoms with Crippen LogP contribution in [0.2, 0.25) is 0 Å². The number of aromatic nitrogens is 2. The van der Waals surface area contributed by atoms with Crippen molar-refractivity contribution >= 4 is 22.8 Å². The molecule has 2 amide bonds. The van der Waals surface area contributed by atoms with Gasteiger partial charge in [0.1, 0.15) is 18.1 Å². The van der Waals surface area contributed by atoms with Crippen LogP contribution in [0, 0.1) is 5.92 Å². The van der Waals surface area contributed by atoms with Crippen molar-refractivity contribution in [3.63, 3.8) is 0 Å². The molecule has 140 valence electrons. The summed E-state index contributed by atoms with van der Waals surface area (Å²) >= 11 is 0. The Bertz CT molecular complexity index is 941. The van der Waals surface area contributed by atoms with Crippen molar-refractivity contribution in [2.75, 3.05) is 6.54 Å². The Morgan fingerprint density at radius 3 is 2.78 bits per heavy atom. The fourth-order valence-corrected chi connectivity index (χ4v) is 3.08. The van der Waals surface area contributed by atoms with E-state index < -0.39 is 0 Å². The van der Waals surface area contributed by atoms with E-state index in [1.165, 1.54) is 0 Å². The molecule has 2 heterocycles. The van der Waals surface area contributed by atoms with Gasteiger partial charge in [-0.05, 0) is 37.1 Å². The van der Waals surface area contributed by atoms with Crippen molar-refractivity contribution in [3.05, 3.63) is 54.2 Å². The minimum atomic E-state index is -0.113. The van der Waals surface area contributed by atoms with Crippen molar-refractivity contribution in [3.8, 4) is 0 Å². The Morgan fingerprint density at radius 2 is 2.00 bits per heavy atom. The van der Waals surface area contributed by atoms with E-state index in [2.05, 4.69) is 15.6 Å². The highest BCUT2D eigenvalue weighted by atomic mass is 16.3. The number of nitrogens with zero attached hydrogens (tertiary/aromatic N) is 2. The zero-order valence-electron chi connectivity index (χ0n) is 15.0. The Balaban J connectivity index is 1.43. The Labute approximate surface area is 156 Å². The van der Waals surface area contributed by atoms with Crippen molar-refractivity contribution in [2.24, 2.45) is 5.92 Å². The second-order valence-electron chi connectivity index (χ2n) is 6.77. The molecule has 4 rings (SSSR count). The average Bonchev–Trinajstić information content (AvgIpc) is 3.29. The van der Waals surface area contributed by atoms with E-state index in [1.807, 2.05) is 34.9 Å². The zero-order chi connectivity index (χ0) is 18.6. The van der Waals surface area contributed by atoms with Crippen LogP contribution in [0.25, 0.3) is 11.0 Å². The molecule has 2 N–H and O–H groups in total. The summed E-state index contributed by atoms with van der Waals surface area (Å²) in [6.07, 6.45) is 4.14. The topological polar surface area (TPSA) is 89.2 Å². The number of carbonyl (C=O) groups is 2. The van der Waals surface area contributed by atoms with Gasteiger partial charge >= 0.3 is 0 Å². The largest absolute Gasteiger partial charge is 0.467 e. The van der Waals surface area contributed by atoms with Crippen LogP contribution >= 0.6 is 0 Å². The number of hydrogen-bond acceptors (Lipinski definition) is 4. The second kappa shape index (κ2) is 7.65. The number of furan rings is 1. The van der Waals surface area contributed by atoms with Crippen molar-refractivity contribution in [1.29, 1.82) is 0 Å². The van der Waals surface area contributed by atoms with Gasteiger partial charge in [-0.3, -0.25) is 9.59 Å². The molecule has 1 fully saturated rings. The van der Waals surface area contributed by atoms with Gasteiger partial charge in [0.05, 0.1) is 23.8 Å². The summed E-state index contributed by atoms with van der Waals surface area (Å²) in [6.45, 7) is 1.05. The van der Waals surface area contributed by atoms with Crippen LogP contribution < -0.4 is 10.6 Å². The molecular weight excluding hydrogens is 344 g/mol. The van der Waals surface area contributed by atoms with Gasteiger partial charge in [0, 0.05) is 18.9 Å². The van der Waals surface area contributed by atoms with Gasteiger partial charge in [-0.1, -0.05) is 12.1 Å². The van der Waals surface area contributed by atoms with E-state index in [-0.39, 0.29) is 24.3 Å². The van der Waals surface area contributed by atoms with E-state index in [4.69, 9.17) is 4.42 Å². The number of amides is 2. The summed E-state index contributed by atoms with van der Waals surface area (Å²) in [4.78, 5) is 28.9.